The van der Waals surface area contributed by atoms with E-state index in [1.165, 1.54) is 12.1 Å². The minimum absolute atomic E-state index is 0.0960. The summed E-state index contributed by atoms with van der Waals surface area (Å²) in [5, 5.41) is 11.9. The summed E-state index contributed by atoms with van der Waals surface area (Å²) in [5.74, 6) is -1.36. The molecule has 6 heteroatoms. The Kier molecular flexibility index (Phi) is 6.52. The number of aromatic carboxylic acids is 1. The number of carbonyl (C=O) groups is 2. The van der Waals surface area contributed by atoms with E-state index in [0.29, 0.717) is 6.54 Å². The van der Waals surface area contributed by atoms with Crippen molar-refractivity contribution >= 4 is 17.6 Å². The molecule has 4 N–H and O–H groups in total. The van der Waals surface area contributed by atoms with Gasteiger partial charge in [0, 0.05) is 12.2 Å². The van der Waals surface area contributed by atoms with Gasteiger partial charge in [-0.2, -0.15) is 0 Å². The van der Waals surface area contributed by atoms with Gasteiger partial charge in [-0.3, -0.25) is 4.79 Å². The first kappa shape index (κ1) is 16.8. The third kappa shape index (κ3) is 4.98. The number of amides is 1. The highest BCUT2D eigenvalue weighted by molar-refractivity contribution is 5.97. The number of rotatable bonds is 8. The fourth-order valence-corrected chi connectivity index (χ4v) is 1.85. The lowest BCUT2D eigenvalue weighted by Gasteiger charge is -2.16. The first-order valence-corrected chi connectivity index (χ1v) is 7.03. The Hall–Kier alpha value is -2.24. The molecule has 0 heterocycles. The normalized spacial score (nSPS) is 11.7. The molecule has 1 aromatic rings. The number of unbranched alkanes of at least 4 members (excludes halogenated alkanes) is 2. The molecule has 0 radical (unpaired) electrons. The third-order valence-electron chi connectivity index (χ3n) is 3.02. The number of hydrogen-bond donors (Lipinski definition) is 3. The molecule has 1 aromatic carbocycles. The molecule has 1 atom stereocenters. The molecule has 6 nitrogen and oxygen atoms in total. The highest BCUT2D eigenvalue weighted by atomic mass is 16.5. The number of nitrogen functional groups attached to an aromatic ring is 1. The zero-order valence-electron chi connectivity index (χ0n) is 12.4. The SMILES string of the molecule is CCCCCNC(=O)C(C)Oc1cccc(N)c1C(=O)O. The fraction of sp³-hybridized carbons (Fsp3) is 0.467. The van der Waals surface area contributed by atoms with Crippen molar-refractivity contribution in [3.05, 3.63) is 23.8 Å². The number of nitrogens with one attached hydrogen (secondary N) is 1. The van der Waals surface area contributed by atoms with Crippen molar-refractivity contribution < 1.29 is 19.4 Å². The van der Waals surface area contributed by atoms with E-state index < -0.39 is 12.1 Å². The Bertz CT molecular complexity index is 502. The molecule has 0 saturated heterocycles. The maximum atomic E-state index is 11.9. The molecule has 21 heavy (non-hydrogen) atoms. The van der Waals surface area contributed by atoms with Gasteiger partial charge in [0.1, 0.15) is 11.3 Å². The monoisotopic (exact) mass is 294 g/mol. The minimum atomic E-state index is -1.18. The van der Waals surface area contributed by atoms with E-state index in [1.54, 1.807) is 13.0 Å². The summed E-state index contributed by atoms with van der Waals surface area (Å²) in [7, 11) is 0. The largest absolute Gasteiger partial charge is 0.480 e. The van der Waals surface area contributed by atoms with E-state index in [2.05, 4.69) is 12.2 Å². The van der Waals surface area contributed by atoms with E-state index in [-0.39, 0.29) is 22.9 Å². The van der Waals surface area contributed by atoms with E-state index in [1.807, 2.05) is 0 Å². The van der Waals surface area contributed by atoms with Crippen molar-refractivity contribution in [1.82, 2.24) is 5.32 Å². The Balaban J connectivity index is 2.66. The van der Waals surface area contributed by atoms with Crippen LogP contribution in [0.25, 0.3) is 0 Å². The predicted molar refractivity (Wildman–Crippen MR) is 80.4 cm³/mol. The fourth-order valence-electron chi connectivity index (χ4n) is 1.85. The van der Waals surface area contributed by atoms with E-state index >= 15 is 0 Å². The maximum absolute atomic E-state index is 11.9. The van der Waals surface area contributed by atoms with Gasteiger partial charge < -0.3 is 20.9 Å². The van der Waals surface area contributed by atoms with E-state index in [4.69, 9.17) is 15.6 Å². The second-order valence-electron chi connectivity index (χ2n) is 4.78. The smallest absolute Gasteiger partial charge is 0.341 e. The molecule has 1 amide bonds. The predicted octanol–water partition coefficient (Wildman–Crippen LogP) is 2.04. The lowest BCUT2D eigenvalue weighted by atomic mass is 10.1. The minimum Gasteiger partial charge on any atom is -0.480 e. The van der Waals surface area contributed by atoms with Gasteiger partial charge in [-0.25, -0.2) is 4.79 Å². The molecule has 1 rings (SSSR count). The molecule has 1 unspecified atom stereocenters. The van der Waals surface area contributed by atoms with Crippen LogP contribution in [0.3, 0.4) is 0 Å². The van der Waals surface area contributed by atoms with Gasteiger partial charge in [-0.1, -0.05) is 25.8 Å². The summed E-state index contributed by atoms with van der Waals surface area (Å²) in [6, 6.07) is 4.55. The Labute approximate surface area is 124 Å². The second-order valence-corrected chi connectivity index (χ2v) is 4.78. The molecule has 0 saturated carbocycles. The second kappa shape index (κ2) is 8.14. The van der Waals surface area contributed by atoms with Crippen LogP contribution in [0, 0.1) is 0 Å². The van der Waals surface area contributed by atoms with Crippen LogP contribution in [0.2, 0.25) is 0 Å². The van der Waals surface area contributed by atoms with Gasteiger partial charge in [0.15, 0.2) is 6.10 Å². The van der Waals surface area contributed by atoms with Crippen molar-refractivity contribution in [2.24, 2.45) is 0 Å². The number of hydrogen-bond acceptors (Lipinski definition) is 4. The summed E-state index contributed by atoms with van der Waals surface area (Å²) in [6.45, 7) is 4.24. The number of carboxylic acid groups (broad SMARTS) is 1. The highest BCUT2D eigenvalue weighted by Crippen LogP contribution is 2.25. The molecule has 0 spiro atoms. The number of nitrogens with two attached hydrogens (primary N) is 1. The molecule has 0 aliphatic carbocycles. The van der Waals surface area contributed by atoms with Crippen molar-refractivity contribution in [2.45, 2.75) is 39.2 Å². The first-order valence-electron chi connectivity index (χ1n) is 7.03. The quantitative estimate of drug-likeness (QED) is 0.503. The average Bonchev–Trinajstić information content (AvgIpc) is 2.43. The third-order valence-corrected chi connectivity index (χ3v) is 3.02. The number of ether oxygens (including phenoxy) is 1. The molecular formula is C15H22N2O4. The van der Waals surface area contributed by atoms with Crippen LogP contribution in [-0.2, 0) is 4.79 Å². The average molecular weight is 294 g/mol. The molecule has 0 aliphatic heterocycles. The van der Waals surface area contributed by atoms with E-state index in [0.717, 1.165) is 19.3 Å². The van der Waals surface area contributed by atoms with Crippen LogP contribution in [-0.4, -0.2) is 29.6 Å². The topological polar surface area (TPSA) is 102 Å². The summed E-state index contributed by atoms with van der Waals surface area (Å²) >= 11 is 0. The van der Waals surface area contributed by atoms with Gasteiger partial charge in [0.05, 0.1) is 0 Å². The van der Waals surface area contributed by atoms with Gasteiger partial charge in [-0.15, -0.1) is 0 Å². The Morgan fingerprint density at radius 1 is 1.38 bits per heavy atom. The van der Waals surface area contributed by atoms with Gasteiger partial charge >= 0.3 is 5.97 Å². The summed E-state index contributed by atoms with van der Waals surface area (Å²) < 4.78 is 5.43. The van der Waals surface area contributed by atoms with Crippen LogP contribution in [0.1, 0.15) is 43.5 Å². The first-order chi connectivity index (χ1) is 9.97. The number of anilines is 1. The van der Waals surface area contributed by atoms with Gasteiger partial charge in [0.25, 0.3) is 5.91 Å². The van der Waals surface area contributed by atoms with Crippen LogP contribution in [0.15, 0.2) is 18.2 Å². The van der Waals surface area contributed by atoms with Crippen LogP contribution in [0.4, 0.5) is 5.69 Å². The molecule has 0 bridgehead atoms. The standard InChI is InChI=1S/C15H22N2O4/c1-3-4-5-9-17-14(18)10(2)21-12-8-6-7-11(16)13(12)15(19)20/h6-8,10H,3-5,9,16H2,1-2H3,(H,17,18)(H,19,20). The van der Waals surface area contributed by atoms with Crippen molar-refractivity contribution in [3.63, 3.8) is 0 Å². The summed E-state index contributed by atoms with van der Waals surface area (Å²) in [5.41, 5.74) is 5.61. The number of carbonyl (C=O) groups excluding carboxylic acids is 1. The maximum Gasteiger partial charge on any atom is 0.341 e. The van der Waals surface area contributed by atoms with Crippen molar-refractivity contribution in [2.75, 3.05) is 12.3 Å². The lowest BCUT2D eigenvalue weighted by molar-refractivity contribution is -0.127. The number of benzene rings is 1. The Morgan fingerprint density at radius 2 is 2.10 bits per heavy atom. The Morgan fingerprint density at radius 3 is 2.71 bits per heavy atom. The van der Waals surface area contributed by atoms with Gasteiger partial charge in [0.2, 0.25) is 0 Å². The van der Waals surface area contributed by atoms with Crippen LogP contribution in [0.5, 0.6) is 5.75 Å². The zero-order chi connectivity index (χ0) is 15.8. The highest BCUT2D eigenvalue weighted by Gasteiger charge is 2.20. The molecule has 116 valence electrons. The van der Waals surface area contributed by atoms with Crippen LogP contribution >= 0.6 is 0 Å². The van der Waals surface area contributed by atoms with Crippen molar-refractivity contribution in [1.29, 1.82) is 0 Å². The van der Waals surface area contributed by atoms with Crippen molar-refractivity contribution in [3.8, 4) is 5.75 Å². The zero-order valence-corrected chi connectivity index (χ0v) is 12.4. The van der Waals surface area contributed by atoms with Gasteiger partial charge in [-0.05, 0) is 25.5 Å². The molecule has 0 aromatic heterocycles. The molecule has 0 aliphatic rings. The lowest BCUT2D eigenvalue weighted by Crippen LogP contribution is -2.37. The summed E-state index contributed by atoms with van der Waals surface area (Å²) in [4.78, 5) is 23.0. The molecular weight excluding hydrogens is 272 g/mol. The van der Waals surface area contributed by atoms with Crippen LogP contribution < -0.4 is 15.8 Å². The number of carboxylic acids is 1. The summed E-state index contributed by atoms with van der Waals surface area (Å²) in [6.07, 6.45) is 2.25. The van der Waals surface area contributed by atoms with E-state index in [9.17, 15) is 9.59 Å². The molecule has 0 fully saturated rings.